The van der Waals surface area contributed by atoms with Crippen molar-refractivity contribution in [2.75, 3.05) is 38.1 Å². The molecule has 1 saturated heterocycles. The maximum Gasteiger partial charge on any atom is 0.0762 e. The molecule has 1 N–H and O–H groups in total. The topological polar surface area (TPSA) is 26.7 Å². The average molecular weight is 255 g/mol. The largest absolute Gasteiger partial charge is 0.389 e. The predicted molar refractivity (Wildman–Crippen MR) is 71.8 cm³/mol. The molecule has 2 rings (SSSR count). The Morgan fingerprint density at radius 3 is 2.41 bits per heavy atom. The fraction of sp³-hybridized carbons (Fsp3) is 0.538. The molecule has 0 radical (unpaired) electrons. The van der Waals surface area contributed by atoms with Gasteiger partial charge in [0.2, 0.25) is 0 Å². The second kappa shape index (κ2) is 5.25. The number of aliphatic hydroxyl groups excluding tert-OH is 1. The van der Waals surface area contributed by atoms with Crippen molar-refractivity contribution < 1.29 is 5.11 Å². The average Bonchev–Trinajstić information content (AvgIpc) is 2.30. The number of piperazine rings is 1. The minimum Gasteiger partial charge on any atom is -0.389 e. The fourth-order valence-electron chi connectivity index (χ4n) is 2.09. The van der Waals surface area contributed by atoms with E-state index in [1.54, 1.807) is 6.92 Å². The summed E-state index contributed by atoms with van der Waals surface area (Å²) in [5, 5.41) is 10.2. The molecular weight excluding hydrogens is 236 g/mol. The van der Waals surface area contributed by atoms with Crippen molar-refractivity contribution in [3.8, 4) is 0 Å². The number of halogens is 1. The van der Waals surface area contributed by atoms with Gasteiger partial charge in [0.05, 0.1) is 16.8 Å². The van der Waals surface area contributed by atoms with E-state index in [0.717, 1.165) is 42.5 Å². The van der Waals surface area contributed by atoms with Crippen LogP contribution in [0.15, 0.2) is 18.2 Å². The molecule has 0 bridgehead atoms. The van der Waals surface area contributed by atoms with E-state index in [4.69, 9.17) is 11.6 Å². The summed E-state index contributed by atoms with van der Waals surface area (Å²) in [5.41, 5.74) is 1.94. The fourth-order valence-corrected chi connectivity index (χ4v) is 2.40. The SMILES string of the molecule is C[C@H](O)c1ccc(N2CCN(C)CC2)c(Cl)c1. The molecule has 0 aromatic heterocycles. The molecule has 1 heterocycles. The second-order valence-electron chi connectivity index (χ2n) is 4.68. The third-order valence-electron chi connectivity index (χ3n) is 3.30. The van der Waals surface area contributed by atoms with Crippen LogP contribution in [0.2, 0.25) is 5.02 Å². The molecule has 1 aliphatic heterocycles. The Balaban J connectivity index is 2.16. The number of nitrogens with zero attached hydrogens (tertiary/aromatic N) is 2. The van der Waals surface area contributed by atoms with Crippen LogP contribution in [0.5, 0.6) is 0 Å². The standard InChI is InChI=1S/C13H19ClN2O/c1-10(17)11-3-4-13(12(14)9-11)16-7-5-15(2)6-8-16/h3-4,9-10,17H,5-8H2,1-2H3/t10-/m0/s1. The Bertz CT molecular complexity index is 387. The number of likely N-dealkylation sites (N-methyl/N-ethyl adjacent to an activating group) is 1. The molecule has 0 unspecified atom stereocenters. The number of aliphatic hydroxyl groups is 1. The lowest BCUT2D eigenvalue weighted by Crippen LogP contribution is -2.44. The lowest BCUT2D eigenvalue weighted by atomic mass is 10.1. The molecule has 0 saturated carbocycles. The van der Waals surface area contributed by atoms with Crippen LogP contribution in [0, 0.1) is 0 Å². The first-order chi connectivity index (χ1) is 8.08. The summed E-state index contributed by atoms with van der Waals surface area (Å²) in [4.78, 5) is 4.61. The highest BCUT2D eigenvalue weighted by Gasteiger charge is 2.17. The normalized spacial score (nSPS) is 19.4. The molecule has 0 amide bonds. The van der Waals surface area contributed by atoms with Crippen LogP contribution in [-0.2, 0) is 0 Å². The van der Waals surface area contributed by atoms with Gasteiger partial charge < -0.3 is 14.9 Å². The van der Waals surface area contributed by atoms with E-state index >= 15 is 0 Å². The monoisotopic (exact) mass is 254 g/mol. The lowest BCUT2D eigenvalue weighted by molar-refractivity contribution is 0.199. The summed E-state index contributed by atoms with van der Waals surface area (Å²) < 4.78 is 0. The van der Waals surface area contributed by atoms with Gasteiger partial charge in [-0.1, -0.05) is 17.7 Å². The Morgan fingerprint density at radius 1 is 1.24 bits per heavy atom. The maximum absolute atomic E-state index is 9.51. The highest BCUT2D eigenvalue weighted by atomic mass is 35.5. The lowest BCUT2D eigenvalue weighted by Gasteiger charge is -2.34. The van der Waals surface area contributed by atoms with Crippen LogP contribution in [0.1, 0.15) is 18.6 Å². The quantitative estimate of drug-likeness (QED) is 0.876. The third kappa shape index (κ3) is 2.92. The van der Waals surface area contributed by atoms with Gasteiger partial charge in [0.15, 0.2) is 0 Å². The minimum absolute atomic E-state index is 0.464. The van der Waals surface area contributed by atoms with E-state index in [1.165, 1.54) is 0 Å². The van der Waals surface area contributed by atoms with Crippen LogP contribution < -0.4 is 4.90 Å². The van der Waals surface area contributed by atoms with E-state index in [9.17, 15) is 5.11 Å². The Kier molecular flexibility index (Phi) is 3.92. The van der Waals surface area contributed by atoms with E-state index in [0.29, 0.717) is 0 Å². The summed E-state index contributed by atoms with van der Waals surface area (Å²) in [6.45, 7) is 5.89. The number of anilines is 1. The summed E-state index contributed by atoms with van der Waals surface area (Å²) >= 11 is 6.28. The highest BCUT2D eigenvalue weighted by Crippen LogP contribution is 2.29. The molecule has 1 aromatic rings. The van der Waals surface area contributed by atoms with Crippen molar-refractivity contribution >= 4 is 17.3 Å². The minimum atomic E-state index is -0.464. The summed E-state index contributed by atoms with van der Waals surface area (Å²) in [7, 11) is 2.13. The van der Waals surface area contributed by atoms with Gasteiger partial charge in [-0.3, -0.25) is 0 Å². The molecule has 17 heavy (non-hydrogen) atoms. The van der Waals surface area contributed by atoms with Gasteiger partial charge in [-0.25, -0.2) is 0 Å². The Morgan fingerprint density at radius 2 is 1.88 bits per heavy atom. The van der Waals surface area contributed by atoms with Crippen LogP contribution in [0.25, 0.3) is 0 Å². The van der Waals surface area contributed by atoms with Gasteiger partial charge in [0.25, 0.3) is 0 Å². The predicted octanol–water partition coefficient (Wildman–Crippen LogP) is 2.15. The Labute approximate surface area is 108 Å². The zero-order valence-corrected chi connectivity index (χ0v) is 11.1. The van der Waals surface area contributed by atoms with Gasteiger partial charge in [-0.2, -0.15) is 0 Å². The summed E-state index contributed by atoms with van der Waals surface area (Å²) in [5.74, 6) is 0. The molecule has 1 fully saturated rings. The van der Waals surface area contributed by atoms with Crippen LogP contribution >= 0.6 is 11.6 Å². The van der Waals surface area contributed by atoms with Crippen LogP contribution in [0.3, 0.4) is 0 Å². The van der Waals surface area contributed by atoms with Gasteiger partial charge in [0, 0.05) is 26.2 Å². The molecule has 1 aliphatic rings. The van der Waals surface area contributed by atoms with E-state index in [-0.39, 0.29) is 0 Å². The molecule has 94 valence electrons. The Hall–Kier alpha value is -0.770. The van der Waals surface area contributed by atoms with Gasteiger partial charge in [-0.15, -0.1) is 0 Å². The number of rotatable bonds is 2. The number of benzene rings is 1. The van der Waals surface area contributed by atoms with Gasteiger partial charge in [0.1, 0.15) is 0 Å². The zero-order valence-electron chi connectivity index (χ0n) is 10.4. The smallest absolute Gasteiger partial charge is 0.0762 e. The van der Waals surface area contributed by atoms with Crippen molar-refractivity contribution in [3.63, 3.8) is 0 Å². The van der Waals surface area contributed by atoms with E-state index < -0.39 is 6.10 Å². The van der Waals surface area contributed by atoms with Crippen molar-refractivity contribution in [3.05, 3.63) is 28.8 Å². The van der Waals surface area contributed by atoms with Gasteiger partial charge >= 0.3 is 0 Å². The molecular formula is C13H19ClN2O. The van der Waals surface area contributed by atoms with Crippen LogP contribution in [0.4, 0.5) is 5.69 Å². The number of hydrogen-bond donors (Lipinski definition) is 1. The van der Waals surface area contributed by atoms with Crippen LogP contribution in [-0.4, -0.2) is 43.2 Å². The zero-order chi connectivity index (χ0) is 12.4. The second-order valence-corrected chi connectivity index (χ2v) is 5.08. The molecule has 4 heteroatoms. The number of hydrogen-bond acceptors (Lipinski definition) is 3. The first-order valence-electron chi connectivity index (χ1n) is 5.99. The van der Waals surface area contributed by atoms with E-state index in [2.05, 4.69) is 16.8 Å². The van der Waals surface area contributed by atoms with Gasteiger partial charge in [-0.05, 0) is 31.7 Å². The maximum atomic E-state index is 9.51. The first-order valence-corrected chi connectivity index (χ1v) is 6.36. The molecule has 1 atom stereocenters. The van der Waals surface area contributed by atoms with E-state index in [1.807, 2.05) is 18.2 Å². The summed E-state index contributed by atoms with van der Waals surface area (Å²) in [6.07, 6.45) is -0.464. The van der Waals surface area contributed by atoms with Crippen molar-refractivity contribution in [1.82, 2.24) is 4.90 Å². The van der Waals surface area contributed by atoms with Crippen molar-refractivity contribution in [2.24, 2.45) is 0 Å². The molecule has 0 spiro atoms. The highest BCUT2D eigenvalue weighted by molar-refractivity contribution is 6.33. The first kappa shape index (κ1) is 12.7. The van der Waals surface area contributed by atoms with Crippen molar-refractivity contribution in [1.29, 1.82) is 0 Å². The molecule has 1 aromatic carbocycles. The molecule has 3 nitrogen and oxygen atoms in total. The third-order valence-corrected chi connectivity index (χ3v) is 3.60. The van der Waals surface area contributed by atoms with Crippen molar-refractivity contribution in [2.45, 2.75) is 13.0 Å². The summed E-state index contributed by atoms with van der Waals surface area (Å²) in [6, 6.07) is 5.82. The molecule has 0 aliphatic carbocycles.